The number of halogens is 1. The normalized spacial score (nSPS) is 11.5. The molecule has 0 aliphatic carbocycles. The highest BCUT2D eigenvalue weighted by atomic mass is 35.5. The van der Waals surface area contributed by atoms with Crippen molar-refractivity contribution < 1.29 is 4.79 Å². The Kier molecular flexibility index (Phi) is 7.47. The summed E-state index contributed by atoms with van der Waals surface area (Å²) in [4.78, 5) is 17.4. The second-order valence-corrected chi connectivity index (χ2v) is 8.07. The third kappa shape index (κ3) is 6.43. The SMILES string of the molecule is CCCn1cc(CN=C(NC(=O)c2cccc(Cl)c2)Nc2cc(C)cc(C)c2)c(C)n1. The van der Waals surface area contributed by atoms with Crippen LogP contribution in [-0.2, 0) is 13.1 Å². The number of aryl methyl sites for hydroxylation is 4. The molecule has 0 atom stereocenters. The maximum absolute atomic E-state index is 12.8. The minimum Gasteiger partial charge on any atom is -0.326 e. The lowest BCUT2D eigenvalue weighted by Crippen LogP contribution is -2.36. The maximum Gasteiger partial charge on any atom is 0.258 e. The molecule has 1 amide bonds. The molecule has 31 heavy (non-hydrogen) atoms. The highest BCUT2D eigenvalue weighted by molar-refractivity contribution is 6.31. The molecule has 7 heteroatoms. The van der Waals surface area contributed by atoms with E-state index < -0.39 is 0 Å². The van der Waals surface area contributed by atoms with Crippen LogP contribution in [0.3, 0.4) is 0 Å². The molecular formula is C24H28ClN5O. The molecule has 0 aliphatic rings. The van der Waals surface area contributed by atoms with Crippen molar-refractivity contribution in [2.45, 2.75) is 47.2 Å². The number of hydrogen-bond donors (Lipinski definition) is 2. The average Bonchev–Trinajstić information content (AvgIpc) is 3.04. The summed E-state index contributed by atoms with van der Waals surface area (Å²) in [5.41, 5.74) is 5.53. The Morgan fingerprint density at radius 1 is 1.13 bits per heavy atom. The van der Waals surface area contributed by atoms with E-state index in [-0.39, 0.29) is 5.91 Å². The molecule has 0 bridgehead atoms. The van der Waals surface area contributed by atoms with Gasteiger partial charge in [-0.25, -0.2) is 4.99 Å². The van der Waals surface area contributed by atoms with Gasteiger partial charge in [0.05, 0.1) is 12.2 Å². The summed E-state index contributed by atoms with van der Waals surface area (Å²) >= 11 is 6.04. The van der Waals surface area contributed by atoms with Gasteiger partial charge in [0.1, 0.15) is 0 Å². The summed E-state index contributed by atoms with van der Waals surface area (Å²) in [6.45, 7) is 9.42. The number of amides is 1. The number of hydrogen-bond acceptors (Lipinski definition) is 3. The third-order valence-corrected chi connectivity index (χ3v) is 4.95. The Morgan fingerprint density at radius 3 is 2.55 bits per heavy atom. The van der Waals surface area contributed by atoms with Gasteiger partial charge in [-0.1, -0.05) is 30.7 Å². The van der Waals surface area contributed by atoms with Gasteiger partial charge in [0.25, 0.3) is 5.91 Å². The molecule has 0 aliphatic heterocycles. The maximum atomic E-state index is 12.8. The molecule has 0 radical (unpaired) electrons. The van der Waals surface area contributed by atoms with Crippen molar-refractivity contribution in [3.8, 4) is 0 Å². The van der Waals surface area contributed by atoms with Gasteiger partial charge in [0.15, 0.2) is 0 Å². The van der Waals surface area contributed by atoms with E-state index in [9.17, 15) is 4.79 Å². The Balaban J connectivity index is 1.85. The number of carbonyl (C=O) groups excluding carboxylic acids is 1. The van der Waals surface area contributed by atoms with E-state index in [4.69, 9.17) is 11.6 Å². The van der Waals surface area contributed by atoms with Crippen molar-refractivity contribution in [3.63, 3.8) is 0 Å². The smallest absolute Gasteiger partial charge is 0.258 e. The molecule has 1 heterocycles. The standard InChI is InChI=1S/C24H28ClN5O/c1-5-9-30-15-20(18(4)29-30)14-26-24(27-22-11-16(2)10-17(3)12-22)28-23(31)19-7-6-8-21(25)13-19/h6-8,10-13,15H,5,9,14H2,1-4H3,(H2,26,27,28,31). The molecule has 1 aromatic heterocycles. The Bertz CT molecular complexity index is 1080. The van der Waals surface area contributed by atoms with Crippen molar-refractivity contribution in [2.24, 2.45) is 4.99 Å². The van der Waals surface area contributed by atoms with Crippen LogP contribution >= 0.6 is 11.6 Å². The molecule has 0 unspecified atom stereocenters. The second-order valence-electron chi connectivity index (χ2n) is 7.63. The van der Waals surface area contributed by atoms with Gasteiger partial charge in [0, 0.05) is 34.6 Å². The largest absolute Gasteiger partial charge is 0.326 e. The lowest BCUT2D eigenvalue weighted by Gasteiger charge is -2.13. The Labute approximate surface area is 188 Å². The number of nitrogens with one attached hydrogen (secondary N) is 2. The van der Waals surface area contributed by atoms with Crippen LogP contribution in [-0.4, -0.2) is 21.6 Å². The molecular weight excluding hydrogens is 410 g/mol. The number of carbonyl (C=O) groups is 1. The van der Waals surface area contributed by atoms with Crippen molar-refractivity contribution in [1.82, 2.24) is 15.1 Å². The average molecular weight is 438 g/mol. The predicted molar refractivity (Wildman–Crippen MR) is 127 cm³/mol. The summed E-state index contributed by atoms with van der Waals surface area (Å²) in [6.07, 6.45) is 3.02. The van der Waals surface area contributed by atoms with Gasteiger partial charge >= 0.3 is 0 Å². The molecule has 0 spiro atoms. The summed E-state index contributed by atoms with van der Waals surface area (Å²) in [6, 6.07) is 12.9. The van der Waals surface area contributed by atoms with Crippen molar-refractivity contribution in [2.75, 3.05) is 5.32 Å². The van der Waals surface area contributed by atoms with Gasteiger partial charge in [0.2, 0.25) is 5.96 Å². The zero-order chi connectivity index (χ0) is 22.4. The Morgan fingerprint density at radius 2 is 1.87 bits per heavy atom. The molecule has 6 nitrogen and oxygen atoms in total. The topological polar surface area (TPSA) is 71.3 Å². The molecule has 0 saturated carbocycles. The summed E-state index contributed by atoms with van der Waals surface area (Å²) in [7, 11) is 0. The molecule has 3 aromatic rings. The summed E-state index contributed by atoms with van der Waals surface area (Å²) in [5.74, 6) is 0.0918. The van der Waals surface area contributed by atoms with E-state index in [0.29, 0.717) is 23.1 Å². The van der Waals surface area contributed by atoms with E-state index in [1.54, 1.807) is 24.3 Å². The number of benzene rings is 2. The zero-order valence-corrected chi connectivity index (χ0v) is 19.1. The minimum absolute atomic E-state index is 0.281. The van der Waals surface area contributed by atoms with Gasteiger partial charge in [-0.3, -0.25) is 14.8 Å². The second kappa shape index (κ2) is 10.3. The first-order valence-electron chi connectivity index (χ1n) is 10.3. The van der Waals surface area contributed by atoms with Crippen molar-refractivity contribution in [1.29, 1.82) is 0 Å². The number of rotatable bonds is 6. The quantitative estimate of drug-likeness (QED) is 0.407. The van der Waals surface area contributed by atoms with Crippen LogP contribution in [0.2, 0.25) is 5.02 Å². The highest BCUT2D eigenvalue weighted by Gasteiger charge is 2.11. The first kappa shape index (κ1) is 22.6. The van der Waals surface area contributed by atoms with Gasteiger partial charge in [-0.2, -0.15) is 5.10 Å². The molecule has 162 valence electrons. The summed E-state index contributed by atoms with van der Waals surface area (Å²) in [5, 5.41) is 11.2. The van der Waals surface area contributed by atoms with Crippen LogP contribution in [0, 0.1) is 20.8 Å². The third-order valence-electron chi connectivity index (χ3n) is 4.71. The molecule has 2 aromatic carbocycles. The number of anilines is 1. The lowest BCUT2D eigenvalue weighted by molar-refractivity contribution is 0.0977. The van der Waals surface area contributed by atoms with Crippen LogP contribution in [0.5, 0.6) is 0 Å². The van der Waals surface area contributed by atoms with Crippen molar-refractivity contribution in [3.05, 3.63) is 81.6 Å². The molecule has 2 N–H and O–H groups in total. The number of aliphatic imine (C=N–C) groups is 1. The lowest BCUT2D eigenvalue weighted by atomic mass is 10.1. The first-order valence-corrected chi connectivity index (χ1v) is 10.7. The van der Waals surface area contributed by atoms with Crippen LogP contribution in [0.15, 0.2) is 53.7 Å². The van der Waals surface area contributed by atoms with E-state index in [0.717, 1.165) is 41.0 Å². The van der Waals surface area contributed by atoms with Gasteiger partial charge in [-0.15, -0.1) is 0 Å². The molecule has 0 fully saturated rings. The van der Waals surface area contributed by atoms with Crippen LogP contribution < -0.4 is 10.6 Å². The monoisotopic (exact) mass is 437 g/mol. The fourth-order valence-electron chi connectivity index (χ4n) is 3.33. The van der Waals surface area contributed by atoms with Gasteiger partial charge < -0.3 is 5.32 Å². The first-order chi connectivity index (χ1) is 14.8. The highest BCUT2D eigenvalue weighted by Crippen LogP contribution is 2.15. The van der Waals surface area contributed by atoms with E-state index in [1.807, 2.05) is 43.8 Å². The number of aromatic nitrogens is 2. The summed E-state index contributed by atoms with van der Waals surface area (Å²) < 4.78 is 1.93. The predicted octanol–water partition coefficient (Wildman–Crippen LogP) is 5.27. The minimum atomic E-state index is -0.281. The van der Waals surface area contributed by atoms with Crippen LogP contribution in [0.25, 0.3) is 0 Å². The van der Waals surface area contributed by atoms with Gasteiger partial charge in [-0.05, 0) is 68.7 Å². The van der Waals surface area contributed by atoms with Crippen LogP contribution in [0.4, 0.5) is 5.69 Å². The molecule has 3 rings (SSSR count). The fourth-order valence-corrected chi connectivity index (χ4v) is 3.52. The van der Waals surface area contributed by atoms with E-state index in [2.05, 4.69) is 33.7 Å². The zero-order valence-electron chi connectivity index (χ0n) is 18.4. The van der Waals surface area contributed by atoms with E-state index in [1.165, 1.54) is 0 Å². The van der Waals surface area contributed by atoms with Crippen LogP contribution in [0.1, 0.15) is 46.1 Å². The molecule has 0 saturated heterocycles. The van der Waals surface area contributed by atoms with E-state index >= 15 is 0 Å². The number of nitrogens with zero attached hydrogens (tertiary/aromatic N) is 3. The van der Waals surface area contributed by atoms with Crippen molar-refractivity contribution >= 4 is 29.2 Å². The fraction of sp³-hybridized carbons (Fsp3) is 0.292. The number of guanidine groups is 1. The Hall–Kier alpha value is -3.12.